The third-order valence-corrected chi connectivity index (χ3v) is 4.68. The van der Waals surface area contributed by atoms with Crippen molar-refractivity contribution in [3.8, 4) is 0 Å². The molecule has 1 aromatic rings. The van der Waals surface area contributed by atoms with Crippen LogP contribution in [0.2, 0.25) is 10.0 Å². The molecule has 1 atom stereocenters. The van der Waals surface area contributed by atoms with Gasteiger partial charge in [0.25, 0.3) is 0 Å². The molecule has 0 aromatic heterocycles. The first-order chi connectivity index (χ1) is 9.20. The average molecular weight is 300 g/mol. The molecule has 106 valence electrons. The van der Waals surface area contributed by atoms with Gasteiger partial charge in [-0.1, -0.05) is 43.0 Å². The first-order valence-corrected chi connectivity index (χ1v) is 8.13. The van der Waals surface area contributed by atoms with Crippen molar-refractivity contribution in [1.29, 1.82) is 0 Å². The van der Waals surface area contributed by atoms with Gasteiger partial charge in [0.15, 0.2) is 0 Å². The molecule has 1 aliphatic rings. The summed E-state index contributed by atoms with van der Waals surface area (Å²) in [6.45, 7) is 3.30. The molecule has 19 heavy (non-hydrogen) atoms. The summed E-state index contributed by atoms with van der Waals surface area (Å²) in [5, 5.41) is 5.32. The highest BCUT2D eigenvalue weighted by atomic mass is 35.5. The molecule has 3 heteroatoms. The summed E-state index contributed by atoms with van der Waals surface area (Å²) in [6.07, 6.45) is 7.60. The molecule has 1 fully saturated rings. The minimum absolute atomic E-state index is 0.540. The normalized spacial score (nSPS) is 17.8. The Balaban J connectivity index is 2.07. The van der Waals surface area contributed by atoms with E-state index >= 15 is 0 Å². The maximum absolute atomic E-state index is 6.29. The molecule has 0 radical (unpaired) electrons. The molecular weight excluding hydrogens is 277 g/mol. The SMILES string of the molecule is CCCNC(Cc1cc(Cl)ccc1Cl)C1CCCC1. The van der Waals surface area contributed by atoms with Crippen LogP contribution in [0, 0.1) is 5.92 Å². The fourth-order valence-corrected chi connectivity index (χ4v) is 3.42. The quantitative estimate of drug-likeness (QED) is 0.771. The number of rotatable bonds is 6. The molecule has 0 bridgehead atoms. The van der Waals surface area contributed by atoms with Crippen molar-refractivity contribution in [3.63, 3.8) is 0 Å². The van der Waals surface area contributed by atoms with Gasteiger partial charge in [0.05, 0.1) is 0 Å². The molecule has 2 rings (SSSR count). The van der Waals surface area contributed by atoms with Crippen LogP contribution in [0.15, 0.2) is 18.2 Å². The van der Waals surface area contributed by atoms with Crippen LogP contribution >= 0.6 is 23.2 Å². The van der Waals surface area contributed by atoms with Crippen LogP contribution in [0.25, 0.3) is 0 Å². The van der Waals surface area contributed by atoms with Crippen molar-refractivity contribution < 1.29 is 0 Å². The second-order valence-corrected chi connectivity index (χ2v) is 6.39. The molecule has 0 aliphatic heterocycles. The van der Waals surface area contributed by atoms with Crippen molar-refractivity contribution in [2.75, 3.05) is 6.54 Å². The van der Waals surface area contributed by atoms with Crippen LogP contribution in [0.4, 0.5) is 0 Å². The number of nitrogens with one attached hydrogen (secondary N) is 1. The topological polar surface area (TPSA) is 12.0 Å². The smallest absolute Gasteiger partial charge is 0.0439 e. The number of hydrogen-bond acceptors (Lipinski definition) is 1. The highest BCUT2D eigenvalue weighted by Gasteiger charge is 2.25. The summed E-state index contributed by atoms with van der Waals surface area (Å²) in [5.41, 5.74) is 1.18. The lowest BCUT2D eigenvalue weighted by Crippen LogP contribution is -2.37. The van der Waals surface area contributed by atoms with Gasteiger partial charge >= 0.3 is 0 Å². The molecule has 1 unspecified atom stereocenters. The maximum Gasteiger partial charge on any atom is 0.0439 e. The molecule has 1 nitrogen and oxygen atoms in total. The van der Waals surface area contributed by atoms with Gasteiger partial charge in [-0.2, -0.15) is 0 Å². The first-order valence-electron chi connectivity index (χ1n) is 7.38. The molecule has 0 heterocycles. The summed E-state index contributed by atoms with van der Waals surface area (Å²) >= 11 is 12.4. The molecule has 0 spiro atoms. The summed E-state index contributed by atoms with van der Waals surface area (Å²) in [7, 11) is 0. The van der Waals surface area contributed by atoms with Crippen LogP contribution in [0.5, 0.6) is 0 Å². The second-order valence-electron chi connectivity index (χ2n) is 5.55. The van der Waals surface area contributed by atoms with Gasteiger partial charge in [-0.05, 0) is 61.9 Å². The van der Waals surface area contributed by atoms with Gasteiger partial charge in [-0.15, -0.1) is 0 Å². The number of halogens is 2. The predicted octanol–water partition coefficient (Wildman–Crippen LogP) is 5.09. The Morgan fingerprint density at radius 1 is 1.26 bits per heavy atom. The monoisotopic (exact) mass is 299 g/mol. The van der Waals surface area contributed by atoms with Gasteiger partial charge < -0.3 is 5.32 Å². The van der Waals surface area contributed by atoms with E-state index in [1.54, 1.807) is 0 Å². The summed E-state index contributed by atoms with van der Waals surface area (Å²) in [5.74, 6) is 0.793. The van der Waals surface area contributed by atoms with E-state index in [-0.39, 0.29) is 0 Å². The van der Waals surface area contributed by atoms with Crippen LogP contribution in [-0.2, 0) is 6.42 Å². The minimum atomic E-state index is 0.540. The fourth-order valence-electron chi connectivity index (χ4n) is 3.03. The van der Waals surface area contributed by atoms with Gasteiger partial charge in [0.2, 0.25) is 0 Å². The zero-order valence-corrected chi connectivity index (χ0v) is 13.1. The van der Waals surface area contributed by atoms with E-state index in [4.69, 9.17) is 23.2 Å². The van der Waals surface area contributed by atoms with E-state index in [9.17, 15) is 0 Å². The average Bonchev–Trinajstić information content (AvgIpc) is 2.92. The highest BCUT2D eigenvalue weighted by Crippen LogP contribution is 2.31. The van der Waals surface area contributed by atoms with Crippen molar-refractivity contribution >= 4 is 23.2 Å². The molecule has 1 saturated carbocycles. The Kier molecular flexibility index (Phi) is 6.00. The highest BCUT2D eigenvalue weighted by molar-refractivity contribution is 6.33. The summed E-state index contributed by atoms with van der Waals surface area (Å²) in [4.78, 5) is 0. The van der Waals surface area contributed by atoms with Gasteiger partial charge in [-0.3, -0.25) is 0 Å². The Morgan fingerprint density at radius 2 is 2.00 bits per heavy atom. The Bertz CT molecular complexity index is 400. The minimum Gasteiger partial charge on any atom is -0.313 e. The molecular formula is C16H23Cl2N. The van der Waals surface area contributed by atoms with E-state index in [0.29, 0.717) is 6.04 Å². The Hall–Kier alpha value is -0.240. The zero-order valence-electron chi connectivity index (χ0n) is 11.6. The van der Waals surface area contributed by atoms with Crippen LogP contribution in [0.1, 0.15) is 44.6 Å². The van der Waals surface area contributed by atoms with E-state index in [2.05, 4.69) is 12.2 Å². The van der Waals surface area contributed by atoms with Crippen molar-refractivity contribution in [1.82, 2.24) is 5.32 Å². The van der Waals surface area contributed by atoms with Gasteiger partial charge in [0, 0.05) is 16.1 Å². The van der Waals surface area contributed by atoms with Gasteiger partial charge in [0.1, 0.15) is 0 Å². The maximum atomic E-state index is 6.29. The predicted molar refractivity (Wildman–Crippen MR) is 84.2 cm³/mol. The largest absolute Gasteiger partial charge is 0.313 e. The standard InChI is InChI=1S/C16H23Cl2N/c1-2-9-19-16(12-5-3-4-6-12)11-13-10-14(17)7-8-15(13)18/h7-8,10,12,16,19H,2-6,9,11H2,1H3. The van der Waals surface area contributed by atoms with E-state index in [1.165, 1.54) is 37.7 Å². The molecule has 1 N–H and O–H groups in total. The van der Waals surface area contributed by atoms with E-state index in [0.717, 1.165) is 28.9 Å². The second kappa shape index (κ2) is 7.52. The van der Waals surface area contributed by atoms with Crippen LogP contribution < -0.4 is 5.32 Å². The summed E-state index contributed by atoms with van der Waals surface area (Å²) in [6, 6.07) is 6.32. The first kappa shape index (κ1) is 15.2. The lowest BCUT2D eigenvalue weighted by atomic mass is 9.92. The van der Waals surface area contributed by atoms with E-state index in [1.807, 2.05) is 18.2 Å². The van der Waals surface area contributed by atoms with Crippen molar-refractivity contribution in [2.45, 2.75) is 51.5 Å². The third-order valence-electron chi connectivity index (χ3n) is 4.07. The van der Waals surface area contributed by atoms with Gasteiger partial charge in [-0.25, -0.2) is 0 Å². The molecule has 1 aliphatic carbocycles. The van der Waals surface area contributed by atoms with Crippen molar-refractivity contribution in [2.24, 2.45) is 5.92 Å². The van der Waals surface area contributed by atoms with Crippen LogP contribution in [-0.4, -0.2) is 12.6 Å². The zero-order chi connectivity index (χ0) is 13.7. The number of benzene rings is 1. The molecule has 1 aromatic carbocycles. The van der Waals surface area contributed by atoms with Crippen molar-refractivity contribution in [3.05, 3.63) is 33.8 Å². The lowest BCUT2D eigenvalue weighted by molar-refractivity contribution is 0.356. The fraction of sp³-hybridized carbons (Fsp3) is 0.625. The Labute approximate surface area is 126 Å². The van der Waals surface area contributed by atoms with E-state index < -0.39 is 0 Å². The Morgan fingerprint density at radius 3 is 2.68 bits per heavy atom. The number of hydrogen-bond donors (Lipinski definition) is 1. The summed E-state index contributed by atoms with van der Waals surface area (Å²) < 4.78 is 0. The molecule has 0 amide bonds. The van der Waals surface area contributed by atoms with Crippen LogP contribution in [0.3, 0.4) is 0 Å². The molecule has 0 saturated heterocycles. The third kappa shape index (κ3) is 4.37. The lowest BCUT2D eigenvalue weighted by Gasteiger charge is -2.25.